The minimum absolute atomic E-state index is 0.293. The highest BCUT2D eigenvalue weighted by Crippen LogP contribution is 2.35. The molecule has 1 saturated heterocycles. The van der Waals surface area contributed by atoms with Crippen LogP contribution >= 0.6 is 0 Å². The van der Waals surface area contributed by atoms with Crippen molar-refractivity contribution in [2.75, 3.05) is 26.2 Å². The molecule has 0 aromatic heterocycles. The van der Waals surface area contributed by atoms with Crippen molar-refractivity contribution in [1.82, 2.24) is 10.2 Å². The van der Waals surface area contributed by atoms with Crippen LogP contribution in [0, 0.1) is 6.92 Å². The molecule has 0 atom stereocenters. The number of ether oxygens (including phenoxy) is 2. The smallest absolute Gasteiger partial charge is 0.415 e. The Morgan fingerprint density at radius 3 is 2.44 bits per heavy atom. The second-order valence-electron chi connectivity index (χ2n) is 7.80. The van der Waals surface area contributed by atoms with E-state index in [2.05, 4.69) is 5.32 Å². The van der Waals surface area contributed by atoms with E-state index in [4.69, 9.17) is 9.47 Å². The molecular weight excluding hydrogens is 340 g/mol. The Balaban J connectivity index is 1.86. The molecule has 1 N–H and O–H groups in total. The predicted molar refractivity (Wildman–Crippen MR) is 107 cm³/mol. The summed E-state index contributed by atoms with van der Waals surface area (Å²) in [5.74, 6) is 1.40. The Bertz CT molecular complexity index is 805. The van der Waals surface area contributed by atoms with Gasteiger partial charge in [0.25, 0.3) is 0 Å². The second-order valence-corrected chi connectivity index (χ2v) is 7.80. The average molecular weight is 368 g/mol. The number of nitrogens with zero attached hydrogens (tertiary/aromatic N) is 1. The van der Waals surface area contributed by atoms with E-state index in [-0.39, 0.29) is 11.7 Å². The van der Waals surface area contributed by atoms with Crippen molar-refractivity contribution in [1.29, 1.82) is 0 Å². The first-order chi connectivity index (χ1) is 12.8. The van der Waals surface area contributed by atoms with Crippen molar-refractivity contribution < 1.29 is 14.3 Å². The Hall–Kier alpha value is -2.53. The maximum atomic E-state index is 12.5. The van der Waals surface area contributed by atoms with Crippen LogP contribution in [0.5, 0.6) is 11.5 Å². The number of carbonyl (C=O) groups excluding carboxylic acids is 1. The van der Waals surface area contributed by atoms with Crippen LogP contribution in [-0.2, 0) is 0 Å². The Labute approximate surface area is 161 Å². The van der Waals surface area contributed by atoms with Gasteiger partial charge in [0.1, 0.15) is 17.1 Å². The molecule has 5 heteroatoms. The van der Waals surface area contributed by atoms with Crippen LogP contribution < -0.4 is 14.8 Å². The number of hydrogen-bond donors (Lipinski definition) is 1. The third kappa shape index (κ3) is 5.01. The normalized spacial score (nSPS) is 14.7. The molecule has 144 valence electrons. The van der Waals surface area contributed by atoms with E-state index in [1.165, 1.54) is 0 Å². The molecule has 27 heavy (non-hydrogen) atoms. The molecule has 0 unspecified atom stereocenters. The number of nitrogens with one attached hydrogen (secondary N) is 1. The number of amides is 1. The molecule has 0 radical (unpaired) electrons. The Morgan fingerprint density at radius 1 is 1.04 bits per heavy atom. The lowest BCUT2D eigenvalue weighted by Crippen LogP contribution is -2.47. The van der Waals surface area contributed by atoms with E-state index in [1.54, 1.807) is 4.90 Å². The minimum Gasteiger partial charge on any atom is -0.488 e. The van der Waals surface area contributed by atoms with Gasteiger partial charge in [0.05, 0.1) is 0 Å². The molecule has 0 bridgehead atoms. The van der Waals surface area contributed by atoms with Gasteiger partial charge in [-0.15, -0.1) is 0 Å². The zero-order chi connectivity index (χ0) is 19.4. The fraction of sp³-hybridized carbons (Fsp3) is 0.409. The summed E-state index contributed by atoms with van der Waals surface area (Å²) in [5, 5.41) is 3.24. The highest BCUT2D eigenvalue weighted by atomic mass is 16.6. The number of piperazine rings is 1. The molecule has 1 aliphatic heterocycles. The summed E-state index contributed by atoms with van der Waals surface area (Å²) in [6.07, 6.45) is -0.295. The summed E-state index contributed by atoms with van der Waals surface area (Å²) in [7, 11) is 0. The van der Waals surface area contributed by atoms with E-state index in [1.807, 2.05) is 70.2 Å². The molecule has 1 fully saturated rings. The fourth-order valence-electron chi connectivity index (χ4n) is 3.01. The van der Waals surface area contributed by atoms with E-state index >= 15 is 0 Å². The number of aryl methyl sites for hydroxylation is 1. The van der Waals surface area contributed by atoms with Gasteiger partial charge in [-0.25, -0.2) is 4.79 Å². The Morgan fingerprint density at radius 2 is 1.74 bits per heavy atom. The summed E-state index contributed by atoms with van der Waals surface area (Å²) in [5.41, 5.74) is 2.57. The number of carbonyl (C=O) groups is 1. The lowest BCUT2D eigenvalue weighted by molar-refractivity contribution is 0.132. The summed E-state index contributed by atoms with van der Waals surface area (Å²) in [6.45, 7) is 11.0. The summed E-state index contributed by atoms with van der Waals surface area (Å²) in [4.78, 5) is 14.2. The van der Waals surface area contributed by atoms with Crippen molar-refractivity contribution in [2.24, 2.45) is 0 Å². The Kier molecular flexibility index (Phi) is 5.71. The first kappa shape index (κ1) is 19.2. The third-order valence-corrected chi connectivity index (χ3v) is 4.37. The quantitative estimate of drug-likeness (QED) is 0.880. The molecule has 2 aromatic carbocycles. The fourth-order valence-corrected chi connectivity index (χ4v) is 3.01. The minimum atomic E-state index is -0.295. The molecule has 3 rings (SSSR count). The maximum absolute atomic E-state index is 12.5. The van der Waals surface area contributed by atoms with Gasteiger partial charge in [-0.3, -0.25) is 0 Å². The molecule has 1 heterocycles. The van der Waals surface area contributed by atoms with Crippen LogP contribution in [0.2, 0.25) is 0 Å². The molecule has 2 aromatic rings. The van der Waals surface area contributed by atoms with Gasteiger partial charge in [0.2, 0.25) is 0 Å². The van der Waals surface area contributed by atoms with Gasteiger partial charge in [0, 0.05) is 31.7 Å². The highest BCUT2D eigenvalue weighted by Gasteiger charge is 2.20. The van der Waals surface area contributed by atoms with E-state index in [9.17, 15) is 4.79 Å². The highest BCUT2D eigenvalue weighted by molar-refractivity contribution is 5.75. The molecule has 1 aliphatic rings. The van der Waals surface area contributed by atoms with E-state index in [0.717, 1.165) is 35.5 Å². The first-order valence-corrected chi connectivity index (χ1v) is 9.40. The largest absolute Gasteiger partial charge is 0.488 e. The second kappa shape index (κ2) is 8.01. The van der Waals surface area contributed by atoms with Crippen molar-refractivity contribution in [3.05, 3.63) is 48.0 Å². The van der Waals surface area contributed by atoms with E-state index < -0.39 is 0 Å². The lowest BCUT2D eigenvalue weighted by atomic mass is 10.0. The lowest BCUT2D eigenvalue weighted by Gasteiger charge is -2.27. The van der Waals surface area contributed by atoms with Crippen molar-refractivity contribution in [2.45, 2.75) is 33.3 Å². The SMILES string of the molecule is Cc1ccc(-c2ccccc2OC(C)(C)C)cc1OC(=O)N1CCNCC1. The van der Waals surface area contributed by atoms with Crippen LogP contribution in [0.1, 0.15) is 26.3 Å². The van der Waals surface area contributed by atoms with Crippen LogP contribution in [0.25, 0.3) is 11.1 Å². The summed E-state index contributed by atoms with van der Waals surface area (Å²) < 4.78 is 11.8. The summed E-state index contributed by atoms with van der Waals surface area (Å²) in [6, 6.07) is 13.9. The molecular formula is C22H28N2O3. The van der Waals surface area contributed by atoms with Gasteiger partial charge >= 0.3 is 6.09 Å². The van der Waals surface area contributed by atoms with Crippen LogP contribution in [0.4, 0.5) is 4.79 Å². The monoisotopic (exact) mass is 368 g/mol. The molecule has 5 nitrogen and oxygen atoms in total. The number of benzene rings is 2. The van der Waals surface area contributed by atoms with Gasteiger partial charge in [-0.05, 0) is 51.0 Å². The van der Waals surface area contributed by atoms with Gasteiger partial charge in [0.15, 0.2) is 0 Å². The number of rotatable bonds is 3. The molecule has 0 aliphatic carbocycles. The molecule has 0 spiro atoms. The van der Waals surface area contributed by atoms with Crippen molar-refractivity contribution in [3.63, 3.8) is 0 Å². The zero-order valence-corrected chi connectivity index (χ0v) is 16.5. The van der Waals surface area contributed by atoms with Gasteiger partial charge in [-0.2, -0.15) is 0 Å². The first-order valence-electron chi connectivity index (χ1n) is 9.40. The predicted octanol–water partition coefficient (Wildman–Crippen LogP) is 4.24. The van der Waals surface area contributed by atoms with Gasteiger partial charge < -0.3 is 19.7 Å². The molecule has 0 saturated carbocycles. The topological polar surface area (TPSA) is 50.8 Å². The number of hydrogen-bond acceptors (Lipinski definition) is 4. The van der Waals surface area contributed by atoms with Gasteiger partial charge in [-0.1, -0.05) is 30.3 Å². The zero-order valence-electron chi connectivity index (χ0n) is 16.5. The summed E-state index contributed by atoms with van der Waals surface area (Å²) >= 11 is 0. The molecule has 1 amide bonds. The number of para-hydroxylation sites is 1. The standard InChI is InChI=1S/C22H28N2O3/c1-16-9-10-17(18-7-5-6-8-19(18)27-22(2,3)4)15-20(16)26-21(25)24-13-11-23-12-14-24/h5-10,15,23H,11-14H2,1-4H3. The average Bonchev–Trinajstić information content (AvgIpc) is 2.63. The van der Waals surface area contributed by atoms with Crippen LogP contribution in [-0.4, -0.2) is 42.8 Å². The van der Waals surface area contributed by atoms with Crippen molar-refractivity contribution >= 4 is 6.09 Å². The van der Waals surface area contributed by atoms with E-state index in [0.29, 0.717) is 18.8 Å². The van der Waals surface area contributed by atoms with Crippen molar-refractivity contribution in [3.8, 4) is 22.6 Å². The van der Waals surface area contributed by atoms with Crippen LogP contribution in [0.3, 0.4) is 0 Å². The maximum Gasteiger partial charge on any atom is 0.415 e. The third-order valence-electron chi connectivity index (χ3n) is 4.37. The van der Waals surface area contributed by atoms with Crippen LogP contribution in [0.15, 0.2) is 42.5 Å².